The van der Waals surface area contributed by atoms with E-state index in [1.165, 1.54) is 60.7 Å². The number of carbonyl (C=O) groups is 6. The van der Waals surface area contributed by atoms with Crippen molar-refractivity contribution in [2.24, 2.45) is 0 Å². The molecule has 7 rings (SSSR count). The van der Waals surface area contributed by atoms with Crippen LogP contribution in [0, 0.1) is 0 Å². The highest BCUT2D eigenvalue weighted by Gasteiger charge is 2.56. The van der Waals surface area contributed by atoms with Crippen molar-refractivity contribution in [1.29, 1.82) is 0 Å². The van der Waals surface area contributed by atoms with Crippen molar-refractivity contribution in [2.75, 3.05) is 13.2 Å². The zero-order valence-electron chi connectivity index (χ0n) is 35.1. The molecule has 2 saturated heterocycles. The van der Waals surface area contributed by atoms with Crippen LogP contribution in [0.3, 0.4) is 0 Å². The van der Waals surface area contributed by atoms with Crippen LogP contribution in [0.4, 0.5) is 0 Å². The van der Waals surface area contributed by atoms with Crippen LogP contribution in [0.5, 0.6) is 0 Å². The SMILES string of the molecule is CC(=O)O[C@@H]1[C@@H](OC(=O)c2ccccc2)[C@@H](OC(=O)c2ccccc2)[C@@H](CO[C@@H]2O[C@H](CO)[C@H](OC(=O)c3ccccc3)[C@H](OC(=O)c3ccccc3)[C@H]2OC(=O)c2ccccc2)O[C@H]1O. The van der Waals surface area contributed by atoms with E-state index in [-0.39, 0.29) is 27.8 Å². The molecule has 342 valence electrons. The molecule has 0 aliphatic carbocycles. The van der Waals surface area contributed by atoms with E-state index in [4.69, 9.17) is 42.6 Å². The summed E-state index contributed by atoms with van der Waals surface area (Å²) in [5.41, 5.74) is 0.339. The molecule has 0 spiro atoms. The molecule has 66 heavy (non-hydrogen) atoms. The molecule has 0 amide bonds. The van der Waals surface area contributed by atoms with Gasteiger partial charge in [0.2, 0.25) is 0 Å². The summed E-state index contributed by atoms with van der Waals surface area (Å²) in [5, 5.41) is 22.1. The first kappa shape index (κ1) is 46.7. The fraction of sp³-hybridized carbons (Fsp3) is 0.265. The summed E-state index contributed by atoms with van der Waals surface area (Å²) < 4.78 is 53.4. The minimum Gasteiger partial charge on any atom is -0.453 e. The van der Waals surface area contributed by atoms with Gasteiger partial charge in [-0.3, -0.25) is 4.79 Å². The normalized spacial score (nSPS) is 24.7. The summed E-state index contributed by atoms with van der Waals surface area (Å²) in [7, 11) is 0. The molecule has 2 aliphatic heterocycles. The third kappa shape index (κ3) is 11.5. The van der Waals surface area contributed by atoms with Crippen LogP contribution >= 0.6 is 0 Å². The maximum Gasteiger partial charge on any atom is 0.338 e. The first-order chi connectivity index (χ1) is 32.0. The van der Waals surface area contributed by atoms with Crippen LogP contribution < -0.4 is 0 Å². The van der Waals surface area contributed by atoms with Gasteiger partial charge in [0.1, 0.15) is 12.2 Å². The molecule has 2 aliphatic rings. The Hall–Kier alpha value is -7.28. The Balaban J connectivity index is 1.26. The fourth-order valence-electron chi connectivity index (χ4n) is 7.20. The van der Waals surface area contributed by atoms with Crippen molar-refractivity contribution in [3.8, 4) is 0 Å². The summed E-state index contributed by atoms with van der Waals surface area (Å²) in [4.78, 5) is 81.0. The van der Waals surface area contributed by atoms with E-state index < -0.39 is 110 Å². The number of hydrogen-bond donors (Lipinski definition) is 2. The fourth-order valence-corrected chi connectivity index (χ4v) is 7.20. The van der Waals surface area contributed by atoms with Gasteiger partial charge >= 0.3 is 35.8 Å². The summed E-state index contributed by atoms with van der Waals surface area (Å²) in [6.07, 6.45) is -17.3. The highest BCUT2D eigenvalue weighted by atomic mass is 16.7. The Kier molecular flexibility index (Phi) is 15.6. The van der Waals surface area contributed by atoms with E-state index in [9.17, 15) is 39.0 Å². The van der Waals surface area contributed by atoms with Gasteiger partial charge in [0.05, 0.1) is 41.0 Å². The van der Waals surface area contributed by atoms with E-state index in [2.05, 4.69) is 0 Å². The molecular weight excluding hydrogens is 861 g/mol. The summed E-state index contributed by atoms with van der Waals surface area (Å²) >= 11 is 0. The molecule has 0 radical (unpaired) electrons. The van der Waals surface area contributed by atoms with Crippen molar-refractivity contribution in [3.05, 3.63) is 179 Å². The molecule has 17 heteroatoms. The van der Waals surface area contributed by atoms with Gasteiger partial charge in [-0.15, -0.1) is 0 Å². The van der Waals surface area contributed by atoms with Crippen molar-refractivity contribution in [2.45, 2.75) is 68.3 Å². The number of esters is 6. The molecule has 0 aromatic heterocycles. The van der Waals surface area contributed by atoms with Gasteiger partial charge < -0.3 is 52.8 Å². The van der Waals surface area contributed by atoms with Crippen LogP contribution in [0.2, 0.25) is 0 Å². The summed E-state index contributed by atoms with van der Waals surface area (Å²) in [6, 6.07) is 38.7. The molecule has 2 heterocycles. The first-order valence-corrected chi connectivity index (χ1v) is 20.7. The van der Waals surface area contributed by atoms with Gasteiger partial charge in [-0.05, 0) is 60.7 Å². The largest absolute Gasteiger partial charge is 0.453 e. The van der Waals surface area contributed by atoms with E-state index in [1.54, 1.807) is 91.0 Å². The summed E-state index contributed by atoms with van der Waals surface area (Å²) in [6.45, 7) is -0.557. The maximum absolute atomic E-state index is 13.9. The Morgan fingerprint density at radius 1 is 0.424 bits per heavy atom. The minimum absolute atomic E-state index is 0.0534. The van der Waals surface area contributed by atoms with E-state index in [0.717, 1.165) is 6.92 Å². The second-order valence-electron chi connectivity index (χ2n) is 14.9. The molecule has 0 bridgehead atoms. The minimum atomic E-state index is -2.02. The van der Waals surface area contributed by atoms with Gasteiger partial charge in [-0.1, -0.05) is 91.0 Å². The van der Waals surface area contributed by atoms with Crippen molar-refractivity contribution in [1.82, 2.24) is 0 Å². The van der Waals surface area contributed by atoms with Crippen LogP contribution in [0.1, 0.15) is 58.7 Å². The monoisotopic (exact) mass is 904 g/mol. The number of ether oxygens (including phenoxy) is 9. The Labute approximate surface area is 377 Å². The predicted molar refractivity (Wildman–Crippen MR) is 226 cm³/mol. The Morgan fingerprint density at radius 3 is 1.09 bits per heavy atom. The molecule has 10 atom stereocenters. The second kappa shape index (κ2) is 22.1. The number of carbonyl (C=O) groups excluding carboxylic acids is 6. The smallest absolute Gasteiger partial charge is 0.338 e. The van der Waals surface area contributed by atoms with Gasteiger partial charge in [0, 0.05) is 6.92 Å². The molecule has 5 aromatic carbocycles. The molecule has 5 aromatic rings. The van der Waals surface area contributed by atoms with Crippen molar-refractivity contribution in [3.63, 3.8) is 0 Å². The lowest BCUT2D eigenvalue weighted by Gasteiger charge is -2.45. The molecule has 0 saturated carbocycles. The number of aliphatic hydroxyl groups is 2. The van der Waals surface area contributed by atoms with Crippen molar-refractivity contribution >= 4 is 35.8 Å². The maximum atomic E-state index is 13.9. The van der Waals surface area contributed by atoms with E-state index >= 15 is 0 Å². The lowest BCUT2D eigenvalue weighted by Crippen LogP contribution is -2.64. The lowest BCUT2D eigenvalue weighted by molar-refractivity contribution is -0.324. The van der Waals surface area contributed by atoms with Crippen LogP contribution in [0.25, 0.3) is 0 Å². The predicted octanol–water partition coefficient (Wildman–Crippen LogP) is 4.50. The standard InChI is InChI=1S/C49H44O17/c1-29(51)59-41-39(64-45(54)32-21-11-4-12-22-32)38(63-44(53)31-19-9-3-10-20-31)36(60-48(41)57)28-58-49-42(66-47(56)34-25-15-6-16-26-34)40(65-46(55)33-23-13-5-14-24-33)37(35(27-50)61-49)62-43(52)30-17-7-2-8-18-30/h2-26,35-42,48-50,57H,27-28H2,1H3/t35-,36-,37+,38+,39+,40+,41-,42-,48-,49-/m1/s1. The number of hydrogen-bond acceptors (Lipinski definition) is 17. The van der Waals surface area contributed by atoms with Gasteiger partial charge in [0.15, 0.2) is 49.2 Å². The number of benzene rings is 5. The molecular formula is C49H44O17. The highest BCUT2D eigenvalue weighted by molar-refractivity contribution is 5.92. The van der Waals surface area contributed by atoms with Gasteiger partial charge in [-0.25, -0.2) is 24.0 Å². The molecule has 17 nitrogen and oxygen atoms in total. The average molecular weight is 905 g/mol. The topological polar surface area (TPSA) is 226 Å². The number of rotatable bonds is 15. The summed E-state index contributed by atoms with van der Waals surface area (Å²) in [5.74, 6) is -5.58. The van der Waals surface area contributed by atoms with Gasteiger partial charge in [-0.2, -0.15) is 0 Å². The molecule has 2 N–H and O–H groups in total. The quantitative estimate of drug-likeness (QED) is 0.109. The van der Waals surface area contributed by atoms with E-state index in [0.29, 0.717) is 0 Å². The zero-order valence-corrected chi connectivity index (χ0v) is 35.1. The number of aliphatic hydroxyl groups excluding tert-OH is 2. The van der Waals surface area contributed by atoms with Crippen LogP contribution in [-0.4, -0.2) is 121 Å². The lowest BCUT2D eigenvalue weighted by atomic mass is 9.97. The highest BCUT2D eigenvalue weighted by Crippen LogP contribution is 2.34. The van der Waals surface area contributed by atoms with Gasteiger partial charge in [0.25, 0.3) is 0 Å². The molecule has 2 fully saturated rings. The van der Waals surface area contributed by atoms with Crippen molar-refractivity contribution < 1.29 is 81.6 Å². The van der Waals surface area contributed by atoms with E-state index in [1.807, 2.05) is 0 Å². The zero-order chi connectivity index (χ0) is 46.6. The third-order valence-corrected chi connectivity index (χ3v) is 10.4. The molecule has 0 unspecified atom stereocenters. The Morgan fingerprint density at radius 2 is 0.742 bits per heavy atom. The third-order valence-electron chi connectivity index (χ3n) is 10.4. The first-order valence-electron chi connectivity index (χ1n) is 20.7. The second-order valence-corrected chi connectivity index (χ2v) is 14.9. The Bertz CT molecular complexity index is 2420. The van der Waals surface area contributed by atoms with Crippen LogP contribution in [0.15, 0.2) is 152 Å². The average Bonchev–Trinajstić information content (AvgIpc) is 3.35. The van der Waals surface area contributed by atoms with Crippen LogP contribution in [-0.2, 0) is 47.4 Å².